The molecule has 26 heavy (non-hydrogen) atoms. The van der Waals surface area contributed by atoms with E-state index in [0.29, 0.717) is 23.2 Å². The Bertz CT molecular complexity index is 815. The van der Waals surface area contributed by atoms with Gasteiger partial charge < -0.3 is 0 Å². The molecule has 0 bridgehead atoms. The van der Waals surface area contributed by atoms with Crippen molar-refractivity contribution in [2.45, 2.75) is 33.2 Å². The lowest BCUT2D eigenvalue weighted by Crippen LogP contribution is -2.58. The fourth-order valence-electron chi connectivity index (χ4n) is 2.69. The number of carbonyl (C=O) groups is 2. The first-order valence-electron chi connectivity index (χ1n) is 8.51. The summed E-state index contributed by atoms with van der Waals surface area (Å²) in [6, 6.07) is 17.4. The number of benzene rings is 2. The van der Waals surface area contributed by atoms with Gasteiger partial charge in [0.25, 0.3) is 11.8 Å². The second-order valence-corrected chi connectivity index (χ2v) is 6.86. The Hall–Kier alpha value is -3.13. The maximum atomic E-state index is 13.2. The van der Waals surface area contributed by atoms with Crippen LogP contribution < -0.4 is 0 Å². The molecule has 2 aromatic carbocycles. The molecule has 0 saturated heterocycles. The molecule has 0 radical (unpaired) electrons. The molecule has 0 aliphatic heterocycles. The minimum Gasteiger partial charge on any atom is -0.267 e. The number of hydrogen-bond donors (Lipinski definition) is 0. The zero-order valence-corrected chi connectivity index (χ0v) is 15.6. The van der Waals surface area contributed by atoms with E-state index in [-0.39, 0.29) is 11.8 Å². The molecular weight excluding hydrogens is 326 g/mol. The van der Waals surface area contributed by atoms with Crippen LogP contribution in [0, 0.1) is 11.3 Å². The molecule has 134 valence electrons. The van der Waals surface area contributed by atoms with Crippen LogP contribution in [-0.4, -0.2) is 33.9 Å². The Morgan fingerprint density at radius 3 is 1.92 bits per heavy atom. The number of rotatable bonds is 3. The number of nitriles is 1. The lowest BCUT2D eigenvalue weighted by atomic mass is 10.0. The maximum Gasteiger partial charge on any atom is 0.272 e. The molecule has 0 unspecified atom stereocenters. The third-order valence-corrected chi connectivity index (χ3v) is 3.88. The molecule has 0 aliphatic rings. The van der Waals surface area contributed by atoms with E-state index in [2.05, 4.69) is 0 Å². The highest BCUT2D eigenvalue weighted by Gasteiger charge is 2.35. The summed E-state index contributed by atoms with van der Waals surface area (Å²) < 4.78 is 0. The highest BCUT2D eigenvalue weighted by molar-refractivity contribution is 5.99. The number of hydrogen-bond acceptors (Lipinski definition) is 3. The summed E-state index contributed by atoms with van der Waals surface area (Å²) in [5, 5.41) is 11.9. The van der Waals surface area contributed by atoms with Crippen LogP contribution in [0.2, 0.25) is 0 Å². The smallest absolute Gasteiger partial charge is 0.267 e. The van der Waals surface area contributed by atoms with Crippen molar-refractivity contribution in [3.63, 3.8) is 0 Å². The molecule has 0 N–H and O–H groups in total. The molecule has 2 aromatic rings. The van der Waals surface area contributed by atoms with Crippen molar-refractivity contribution < 1.29 is 9.59 Å². The third-order valence-electron chi connectivity index (χ3n) is 3.88. The Morgan fingerprint density at radius 2 is 1.46 bits per heavy atom. The standard InChI is InChI=1S/C21H23N3O2/c1-5-23(19(25)17-9-7-6-8-10-17)24(21(2,3)4)20(26)18-13-11-16(15-22)12-14-18/h6-14H,5H2,1-4H3. The fourth-order valence-corrected chi connectivity index (χ4v) is 2.69. The first kappa shape index (κ1) is 19.2. The first-order valence-corrected chi connectivity index (χ1v) is 8.51. The third kappa shape index (κ3) is 4.09. The molecule has 5 heteroatoms. The average molecular weight is 349 g/mol. The van der Waals surface area contributed by atoms with Gasteiger partial charge >= 0.3 is 0 Å². The molecule has 0 fully saturated rings. The Balaban J connectivity index is 2.43. The van der Waals surface area contributed by atoms with Gasteiger partial charge in [0.2, 0.25) is 0 Å². The summed E-state index contributed by atoms with van der Waals surface area (Å²) >= 11 is 0. The predicted octanol–water partition coefficient (Wildman–Crippen LogP) is 3.88. The van der Waals surface area contributed by atoms with E-state index >= 15 is 0 Å². The van der Waals surface area contributed by atoms with E-state index < -0.39 is 5.54 Å². The molecular formula is C21H23N3O2. The summed E-state index contributed by atoms with van der Waals surface area (Å²) in [4.78, 5) is 26.2. The van der Waals surface area contributed by atoms with Gasteiger partial charge in [-0.25, -0.2) is 10.0 Å². The zero-order chi connectivity index (χ0) is 19.3. The van der Waals surface area contributed by atoms with E-state index in [4.69, 9.17) is 5.26 Å². The molecule has 0 atom stereocenters. The lowest BCUT2D eigenvalue weighted by Gasteiger charge is -2.43. The quantitative estimate of drug-likeness (QED) is 0.790. The predicted molar refractivity (Wildman–Crippen MR) is 100 cm³/mol. The van der Waals surface area contributed by atoms with Crippen LogP contribution in [0.15, 0.2) is 54.6 Å². The van der Waals surface area contributed by atoms with Crippen LogP contribution in [0.3, 0.4) is 0 Å². The van der Waals surface area contributed by atoms with Gasteiger partial charge in [-0.05, 0) is 64.1 Å². The van der Waals surface area contributed by atoms with E-state index in [1.54, 1.807) is 48.5 Å². The van der Waals surface area contributed by atoms with Gasteiger partial charge in [0, 0.05) is 17.7 Å². The normalized spacial score (nSPS) is 10.7. The van der Waals surface area contributed by atoms with Crippen LogP contribution in [0.4, 0.5) is 0 Å². The molecule has 2 rings (SSSR count). The Kier molecular flexibility index (Phi) is 5.78. The molecule has 0 aromatic heterocycles. The first-order chi connectivity index (χ1) is 12.3. The molecule has 5 nitrogen and oxygen atoms in total. The highest BCUT2D eigenvalue weighted by Crippen LogP contribution is 2.22. The molecule has 0 saturated carbocycles. The van der Waals surface area contributed by atoms with Gasteiger partial charge in [0.15, 0.2) is 0 Å². The van der Waals surface area contributed by atoms with E-state index in [9.17, 15) is 9.59 Å². The van der Waals surface area contributed by atoms with Crippen molar-refractivity contribution in [3.8, 4) is 6.07 Å². The van der Waals surface area contributed by atoms with Gasteiger partial charge in [0.1, 0.15) is 0 Å². The molecule has 2 amide bonds. The highest BCUT2D eigenvalue weighted by atomic mass is 16.2. The number of nitrogens with zero attached hydrogens (tertiary/aromatic N) is 3. The maximum absolute atomic E-state index is 13.2. The summed E-state index contributed by atoms with van der Waals surface area (Å²) in [5.74, 6) is -0.516. The van der Waals surface area contributed by atoms with E-state index in [1.165, 1.54) is 10.0 Å². The SMILES string of the molecule is CCN(C(=O)c1ccccc1)N(C(=O)c1ccc(C#N)cc1)C(C)(C)C. The zero-order valence-electron chi connectivity index (χ0n) is 15.6. The van der Waals surface area contributed by atoms with Crippen LogP contribution in [0.1, 0.15) is 54.0 Å². The summed E-state index contributed by atoms with van der Waals surface area (Å²) in [6.45, 7) is 7.85. The summed E-state index contributed by atoms with van der Waals surface area (Å²) in [5.41, 5.74) is 0.830. The second-order valence-electron chi connectivity index (χ2n) is 6.86. The lowest BCUT2D eigenvalue weighted by molar-refractivity contribution is -0.0410. The van der Waals surface area contributed by atoms with Gasteiger partial charge in [-0.3, -0.25) is 9.59 Å². The minimum absolute atomic E-state index is 0.231. The van der Waals surface area contributed by atoms with Crippen LogP contribution >= 0.6 is 0 Å². The van der Waals surface area contributed by atoms with Crippen molar-refractivity contribution in [2.24, 2.45) is 0 Å². The van der Waals surface area contributed by atoms with E-state index in [0.717, 1.165) is 0 Å². The van der Waals surface area contributed by atoms with Crippen molar-refractivity contribution >= 4 is 11.8 Å². The molecule has 0 spiro atoms. The van der Waals surface area contributed by atoms with Crippen LogP contribution in [0.25, 0.3) is 0 Å². The topological polar surface area (TPSA) is 64.4 Å². The molecule has 0 heterocycles. The summed E-state index contributed by atoms with van der Waals surface area (Å²) in [7, 11) is 0. The van der Waals surface area contributed by atoms with Crippen LogP contribution in [0.5, 0.6) is 0 Å². The number of hydrazine groups is 1. The Labute approximate surface area is 154 Å². The van der Waals surface area contributed by atoms with Crippen LogP contribution in [-0.2, 0) is 0 Å². The largest absolute Gasteiger partial charge is 0.272 e. The average Bonchev–Trinajstić information content (AvgIpc) is 2.64. The van der Waals surface area contributed by atoms with Crippen molar-refractivity contribution in [2.75, 3.05) is 6.54 Å². The second kappa shape index (κ2) is 7.83. The monoisotopic (exact) mass is 349 g/mol. The Morgan fingerprint density at radius 1 is 0.923 bits per heavy atom. The number of amides is 2. The van der Waals surface area contributed by atoms with E-state index in [1.807, 2.05) is 39.8 Å². The van der Waals surface area contributed by atoms with Gasteiger partial charge in [-0.2, -0.15) is 5.26 Å². The fraction of sp³-hybridized carbons (Fsp3) is 0.286. The summed E-state index contributed by atoms with van der Waals surface area (Å²) in [6.07, 6.45) is 0. The van der Waals surface area contributed by atoms with Crippen molar-refractivity contribution in [3.05, 3.63) is 71.3 Å². The minimum atomic E-state index is -0.606. The van der Waals surface area contributed by atoms with Crippen molar-refractivity contribution in [1.29, 1.82) is 5.26 Å². The van der Waals surface area contributed by atoms with Crippen molar-refractivity contribution in [1.82, 2.24) is 10.0 Å². The van der Waals surface area contributed by atoms with Gasteiger partial charge in [-0.1, -0.05) is 18.2 Å². The van der Waals surface area contributed by atoms with Gasteiger partial charge in [-0.15, -0.1) is 0 Å². The number of carbonyl (C=O) groups excluding carboxylic acids is 2. The molecule has 0 aliphatic carbocycles. The van der Waals surface area contributed by atoms with Gasteiger partial charge in [0.05, 0.1) is 17.2 Å².